The summed E-state index contributed by atoms with van der Waals surface area (Å²) < 4.78 is 17.6. The van der Waals surface area contributed by atoms with Crippen molar-refractivity contribution in [2.75, 3.05) is 18.0 Å². The van der Waals surface area contributed by atoms with Crippen molar-refractivity contribution < 1.29 is 23.7 Å². The van der Waals surface area contributed by atoms with Gasteiger partial charge in [0.2, 0.25) is 0 Å². The van der Waals surface area contributed by atoms with Crippen molar-refractivity contribution >= 4 is 23.3 Å². The van der Waals surface area contributed by atoms with Gasteiger partial charge in [0.1, 0.15) is 16.3 Å². The number of nitrogens with zero attached hydrogens (tertiary/aromatic N) is 4. The number of hydrogen-bond acceptors (Lipinski definition) is 9. The fourth-order valence-electron chi connectivity index (χ4n) is 4.61. The Labute approximate surface area is 211 Å². The molecule has 1 aliphatic carbocycles. The van der Waals surface area contributed by atoms with Crippen LogP contribution in [0.25, 0.3) is 22.0 Å². The van der Waals surface area contributed by atoms with Gasteiger partial charge in [0.25, 0.3) is 11.8 Å². The summed E-state index contributed by atoms with van der Waals surface area (Å²) in [6, 6.07) is 11.5. The zero-order chi connectivity index (χ0) is 24.6. The van der Waals surface area contributed by atoms with E-state index in [1.54, 1.807) is 12.1 Å². The molecule has 1 aliphatic heterocycles. The number of hydrogen-bond donors (Lipinski definition) is 1. The molecule has 0 bridgehead atoms. The van der Waals surface area contributed by atoms with E-state index >= 15 is 0 Å². The van der Waals surface area contributed by atoms with Crippen LogP contribution in [0.15, 0.2) is 45.4 Å². The Bertz CT molecular complexity index is 1380. The highest BCUT2D eigenvalue weighted by atomic mass is 32.1. The quantitative estimate of drug-likeness (QED) is 0.330. The van der Waals surface area contributed by atoms with Crippen LogP contribution in [-0.4, -0.2) is 45.6 Å². The van der Waals surface area contributed by atoms with E-state index in [-0.39, 0.29) is 11.0 Å². The van der Waals surface area contributed by atoms with Crippen molar-refractivity contribution in [1.29, 1.82) is 0 Å². The normalized spacial score (nSPS) is 16.5. The van der Waals surface area contributed by atoms with Crippen molar-refractivity contribution in [3.8, 4) is 22.0 Å². The van der Waals surface area contributed by atoms with Crippen LogP contribution in [0.4, 0.5) is 5.95 Å². The molecule has 0 unspecified atom stereocenters. The van der Waals surface area contributed by atoms with Gasteiger partial charge >= 0.3 is 5.97 Å². The molecular formula is C26H26N4O5S. The van der Waals surface area contributed by atoms with Gasteiger partial charge < -0.3 is 23.8 Å². The lowest BCUT2D eigenvalue weighted by Crippen LogP contribution is -2.37. The molecule has 0 radical (unpaired) electrons. The molecule has 9 nitrogen and oxygen atoms in total. The summed E-state index contributed by atoms with van der Waals surface area (Å²) >= 11 is 1.12. The zero-order valence-corrected chi connectivity index (χ0v) is 20.7. The number of aryl methyl sites for hydroxylation is 1. The molecule has 186 valence electrons. The van der Waals surface area contributed by atoms with Gasteiger partial charge in [-0.2, -0.15) is 4.98 Å². The second-order valence-corrected chi connectivity index (χ2v) is 10.4. The van der Waals surface area contributed by atoms with Crippen LogP contribution >= 0.6 is 11.3 Å². The smallest absolute Gasteiger partial charge is 0.345 e. The van der Waals surface area contributed by atoms with Crippen LogP contribution in [0.2, 0.25) is 0 Å². The monoisotopic (exact) mass is 506 g/mol. The minimum absolute atomic E-state index is 0.120. The van der Waals surface area contributed by atoms with Gasteiger partial charge in [0.05, 0.1) is 17.6 Å². The number of thiophene rings is 1. The molecule has 1 N–H and O–H groups in total. The topological polar surface area (TPSA) is 115 Å². The minimum Gasteiger partial charge on any atom is -0.477 e. The minimum atomic E-state index is -0.963. The molecule has 4 heterocycles. The van der Waals surface area contributed by atoms with Crippen LogP contribution in [0.3, 0.4) is 0 Å². The van der Waals surface area contributed by atoms with E-state index in [2.05, 4.69) is 39.3 Å². The lowest BCUT2D eigenvalue weighted by molar-refractivity contribution is 0.0244. The van der Waals surface area contributed by atoms with E-state index in [0.717, 1.165) is 72.7 Å². The average Bonchev–Trinajstić information content (AvgIpc) is 3.27. The Kier molecular flexibility index (Phi) is 6.06. The highest BCUT2D eigenvalue weighted by Crippen LogP contribution is 2.44. The first-order chi connectivity index (χ1) is 17.6. The summed E-state index contributed by atoms with van der Waals surface area (Å²) in [5, 5.41) is 17.7. The molecule has 3 aromatic heterocycles. The predicted molar refractivity (Wildman–Crippen MR) is 133 cm³/mol. The van der Waals surface area contributed by atoms with Gasteiger partial charge in [0.15, 0.2) is 0 Å². The number of carboxylic acid groups (broad SMARTS) is 1. The third kappa shape index (κ3) is 4.54. The molecule has 1 saturated carbocycles. The number of aromatic carboxylic acids is 1. The Balaban J connectivity index is 1.09. The summed E-state index contributed by atoms with van der Waals surface area (Å²) in [6.45, 7) is 4.07. The number of carbonyl (C=O) groups is 1. The highest BCUT2D eigenvalue weighted by Gasteiger charge is 2.33. The molecule has 0 amide bonds. The van der Waals surface area contributed by atoms with Crippen LogP contribution in [-0.2, 0) is 11.3 Å². The first-order valence-electron chi connectivity index (χ1n) is 12.1. The van der Waals surface area contributed by atoms with Crippen molar-refractivity contribution in [2.45, 2.75) is 51.2 Å². The van der Waals surface area contributed by atoms with Crippen molar-refractivity contribution in [3.05, 3.63) is 58.2 Å². The summed E-state index contributed by atoms with van der Waals surface area (Å²) in [4.78, 5) is 18.6. The Morgan fingerprint density at radius 3 is 2.64 bits per heavy atom. The molecule has 1 saturated heterocycles. The van der Waals surface area contributed by atoms with Crippen LogP contribution in [0.1, 0.15) is 58.2 Å². The van der Waals surface area contributed by atoms with Gasteiger partial charge in [0, 0.05) is 30.1 Å². The van der Waals surface area contributed by atoms with E-state index in [1.165, 1.54) is 5.56 Å². The second kappa shape index (κ2) is 9.51. The maximum Gasteiger partial charge on any atom is 0.345 e. The molecule has 0 spiro atoms. The molecular weight excluding hydrogens is 480 g/mol. The molecule has 10 heteroatoms. The third-order valence-electron chi connectivity index (χ3n) is 6.80. The number of rotatable bonds is 8. The van der Waals surface area contributed by atoms with Crippen molar-refractivity contribution in [2.24, 2.45) is 0 Å². The Morgan fingerprint density at radius 2 is 1.92 bits per heavy atom. The molecule has 2 fully saturated rings. The lowest BCUT2D eigenvalue weighted by atomic mass is 10.0. The number of carboxylic acids is 1. The van der Waals surface area contributed by atoms with E-state index < -0.39 is 5.97 Å². The third-order valence-corrected chi connectivity index (χ3v) is 7.86. The number of anilines is 1. The Morgan fingerprint density at radius 1 is 1.11 bits per heavy atom. The van der Waals surface area contributed by atoms with Crippen LogP contribution in [0.5, 0.6) is 0 Å². The first-order valence-corrected chi connectivity index (χ1v) is 13.0. The van der Waals surface area contributed by atoms with Crippen LogP contribution < -0.4 is 4.90 Å². The predicted octanol–water partition coefficient (Wildman–Crippen LogP) is 5.52. The van der Waals surface area contributed by atoms with E-state index in [1.807, 2.05) is 12.1 Å². The number of aromatic nitrogens is 3. The average molecular weight is 507 g/mol. The van der Waals surface area contributed by atoms with E-state index in [4.69, 9.17) is 18.9 Å². The van der Waals surface area contributed by atoms with Crippen molar-refractivity contribution in [1.82, 2.24) is 15.3 Å². The van der Waals surface area contributed by atoms with E-state index in [0.29, 0.717) is 29.2 Å². The van der Waals surface area contributed by atoms with E-state index in [9.17, 15) is 4.79 Å². The number of ether oxygens (including phenoxy) is 1. The number of benzene rings is 1. The molecule has 36 heavy (non-hydrogen) atoms. The zero-order valence-electron chi connectivity index (χ0n) is 19.8. The molecule has 6 rings (SSSR count). The maximum absolute atomic E-state index is 11.1. The second-order valence-electron chi connectivity index (χ2n) is 9.33. The summed E-state index contributed by atoms with van der Waals surface area (Å²) in [7, 11) is 0. The molecule has 1 aromatic carbocycles. The summed E-state index contributed by atoms with van der Waals surface area (Å²) in [5.41, 5.74) is 4.24. The SMILES string of the molecule is Cc1ccccc1-c1noc(C2CC2)c1COC1CCN(c2noc(-c3ccc(C(=O)O)s3)n2)CC1. The summed E-state index contributed by atoms with van der Waals surface area (Å²) in [6.07, 6.45) is 4.09. The fraction of sp³-hybridized carbons (Fsp3) is 0.385. The largest absolute Gasteiger partial charge is 0.477 e. The number of piperidine rings is 1. The van der Waals surface area contributed by atoms with Crippen molar-refractivity contribution in [3.63, 3.8) is 0 Å². The van der Waals surface area contributed by atoms with Gasteiger partial charge in [-0.15, -0.1) is 11.3 Å². The standard InChI is InChI=1S/C26H26N4O5S/c1-15-4-2-3-5-18(15)22-19(23(34-28-22)16-6-7-16)14-33-17-10-12-30(13-11-17)26-27-24(35-29-26)20-8-9-21(36-20)25(31)32/h2-5,8-9,16-17H,6-7,10-14H2,1H3,(H,31,32). The highest BCUT2D eigenvalue weighted by molar-refractivity contribution is 7.17. The molecule has 4 aromatic rings. The van der Waals surface area contributed by atoms with Gasteiger partial charge in [-0.3, -0.25) is 0 Å². The maximum atomic E-state index is 11.1. The first kappa shape index (κ1) is 22.9. The molecule has 0 atom stereocenters. The lowest BCUT2D eigenvalue weighted by Gasteiger charge is -2.30. The van der Waals surface area contributed by atoms with Crippen LogP contribution in [0, 0.1) is 6.92 Å². The Hall–Kier alpha value is -3.50. The van der Waals surface area contributed by atoms with Gasteiger partial charge in [-0.05, 0) is 55.5 Å². The molecule has 2 aliphatic rings. The van der Waals surface area contributed by atoms with Gasteiger partial charge in [-0.25, -0.2) is 4.79 Å². The van der Waals surface area contributed by atoms with Gasteiger partial charge in [-0.1, -0.05) is 29.4 Å². The fourth-order valence-corrected chi connectivity index (χ4v) is 5.38. The summed E-state index contributed by atoms with van der Waals surface area (Å²) in [5.74, 6) is 1.33.